The first kappa shape index (κ1) is 17.5. The SMILES string of the molecule is C[CH-]C(=O)O.O=P(O)(O)O.[Na+]. The normalized spacial score (nSPS) is 8.36. The second kappa shape index (κ2) is 8.55. The Bertz CT molecular complexity index is 132. The molecular formula is C3H8NaO6P. The molecule has 0 aromatic carbocycles. The maximum Gasteiger partial charge on any atom is 1.00 e. The van der Waals surface area contributed by atoms with Crippen molar-refractivity contribution >= 4 is 13.8 Å². The standard InChI is InChI=1S/C3H5O2.Na.H3O4P/c1-2-3(4)5;;1-5(2,3)4/h2H,1H3,(H,4,5);;(H3,1,2,3,4)/q-1;+1;. The summed E-state index contributed by atoms with van der Waals surface area (Å²) in [6.45, 7) is 1.47. The molecule has 0 unspecified atom stereocenters. The smallest absolute Gasteiger partial charge is 0.503 e. The number of carboxylic acids is 1. The summed E-state index contributed by atoms with van der Waals surface area (Å²) in [5.74, 6) is -0.870. The summed E-state index contributed by atoms with van der Waals surface area (Å²) >= 11 is 0. The zero-order valence-corrected chi connectivity index (χ0v) is 9.02. The molecule has 0 aromatic rings. The van der Waals surface area contributed by atoms with Crippen molar-refractivity contribution in [3.05, 3.63) is 6.42 Å². The predicted molar refractivity (Wildman–Crippen MR) is 31.9 cm³/mol. The van der Waals surface area contributed by atoms with Gasteiger partial charge < -0.3 is 19.8 Å². The van der Waals surface area contributed by atoms with Crippen LogP contribution in [0.15, 0.2) is 0 Å². The molecule has 0 radical (unpaired) electrons. The molecule has 62 valence electrons. The molecule has 0 heterocycles. The van der Waals surface area contributed by atoms with Gasteiger partial charge in [0.2, 0.25) is 0 Å². The number of hydrogen-bond acceptors (Lipinski definition) is 2. The van der Waals surface area contributed by atoms with Gasteiger partial charge in [-0.3, -0.25) is 11.2 Å². The average Bonchev–Trinajstić information content (AvgIpc) is 1.61. The molecule has 0 rings (SSSR count). The largest absolute Gasteiger partial charge is 1.00 e. The molecule has 0 saturated carbocycles. The van der Waals surface area contributed by atoms with E-state index in [0.717, 1.165) is 6.42 Å². The van der Waals surface area contributed by atoms with E-state index in [-0.39, 0.29) is 29.6 Å². The molecule has 11 heavy (non-hydrogen) atoms. The van der Waals surface area contributed by atoms with E-state index in [1.807, 2.05) is 0 Å². The van der Waals surface area contributed by atoms with Gasteiger partial charge in [-0.15, -0.1) is 0 Å². The van der Waals surface area contributed by atoms with Crippen LogP contribution in [-0.2, 0) is 9.36 Å². The Morgan fingerprint density at radius 3 is 1.45 bits per heavy atom. The molecule has 4 N–H and O–H groups in total. The van der Waals surface area contributed by atoms with Crippen molar-refractivity contribution in [3.8, 4) is 0 Å². The minimum Gasteiger partial charge on any atom is -0.503 e. The van der Waals surface area contributed by atoms with Crippen molar-refractivity contribution in [3.63, 3.8) is 0 Å². The molecule has 0 atom stereocenters. The van der Waals surface area contributed by atoms with E-state index in [1.165, 1.54) is 6.92 Å². The molecule has 0 aliphatic heterocycles. The fraction of sp³-hybridized carbons (Fsp3) is 0.333. The number of phosphoric acid groups is 1. The molecule has 0 aromatic heterocycles. The van der Waals surface area contributed by atoms with Crippen LogP contribution in [0.2, 0.25) is 0 Å². The molecule has 0 aliphatic carbocycles. The van der Waals surface area contributed by atoms with E-state index in [9.17, 15) is 4.79 Å². The summed E-state index contributed by atoms with van der Waals surface area (Å²) in [6.07, 6.45) is 1.08. The van der Waals surface area contributed by atoms with E-state index < -0.39 is 13.8 Å². The maximum atomic E-state index is 9.31. The van der Waals surface area contributed by atoms with Crippen molar-refractivity contribution < 1.29 is 58.7 Å². The van der Waals surface area contributed by atoms with E-state index in [1.54, 1.807) is 0 Å². The Hall–Kier alpha value is 0.450. The van der Waals surface area contributed by atoms with Gasteiger partial charge in [0.15, 0.2) is 5.97 Å². The quantitative estimate of drug-likeness (QED) is 0.194. The van der Waals surface area contributed by atoms with Gasteiger partial charge in [-0.25, -0.2) is 4.57 Å². The van der Waals surface area contributed by atoms with Crippen molar-refractivity contribution in [1.82, 2.24) is 0 Å². The molecule has 0 saturated heterocycles. The van der Waals surface area contributed by atoms with Gasteiger partial charge in [0, 0.05) is 0 Å². The summed E-state index contributed by atoms with van der Waals surface area (Å²) in [6, 6.07) is 0. The van der Waals surface area contributed by atoms with Gasteiger partial charge in [-0.1, -0.05) is 0 Å². The average molecular weight is 194 g/mol. The van der Waals surface area contributed by atoms with E-state index in [2.05, 4.69) is 0 Å². The number of aliphatic carboxylic acids is 1. The Morgan fingerprint density at radius 2 is 1.45 bits per heavy atom. The van der Waals surface area contributed by atoms with Gasteiger partial charge in [0.1, 0.15) is 0 Å². The van der Waals surface area contributed by atoms with E-state index >= 15 is 0 Å². The van der Waals surface area contributed by atoms with Crippen LogP contribution >= 0.6 is 7.82 Å². The van der Waals surface area contributed by atoms with Gasteiger partial charge in [-0.05, 0) is 0 Å². The fourth-order valence-corrected chi connectivity index (χ4v) is 0. The molecule has 6 nitrogen and oxygen atoms in total. The Labute approximate surface area is 85.8 Å². The molecular weight excluding hydrogens is 186 g/mol. The third-order valence-corrected chi connectivity index (χ3v) is 0.247. The summed E-state index contributed by atoms with van der Waals surface area (Å²) in [5.41, 5.74) is 0. The van der Waals surface area contributed by atoms with Crippen LogP contribution in [0, 0.1) is 6.42 Å². The van der Waals surface area contributed by atoms with Crippen LogP contribution in [0.3, 0.4) is 0 Å². The number of carbonyl (C=O) groups is 1. The second-order valence-electron chi connectivity index (χ2n) is 1.14. The van der Waals surface area contributed by atoms with E-state index in [4.69, 9.17) is 24.4 Å². The van der Waals surface area contributed by atoms with Crippen molar-refractivity contribution in [2.24, 2.45) is 0 Å². The predicted octanol–water partition coefficient (Wildman–Crippen LogP) is -3.63. The van der Waals surface area contributed by atoms with Crippen LogP contribution in [0.1, 0.15) is 6.92 Å². The zero-order chi connectivity index (χ0) is 8.78. The zero-order valence-electron chi connectivity index (χ0n) is 6.13. The second-order valence-corrected chi connectivity index (χ2v) is 2.17. The van der Waals surface area contributed by atoms with Crippen LogP contribution < -0.4 is 29.6 Å². The topological polar surface area (TPSA) is 115 Å². The van der Waals surface area contributed by atoms with Gasteiger partial charge in [0.05, 0.1) is 0 Å². The molecule has 8 heteroatoms. The monoisotopic (exact) mass is 194 g/mol. The number of rotatable bonds is 1. The fourth-order valence-electron chi connectivity index (χ4n) is 0. The van der Waals surface area contributed by atoms with Crippen molar-refractivity contribution in [1.29, 1.82) is 0 Å². The summed E-state index contributed by atoms with van der Waals surface area (Å²) in [5, 5.41) is 7.67. The minimum absolute atomic E-state index is 0. The van der Waals surface area contributed by atoms with Gasteiger partial charge >= 0.3 is 37.4 Å². The summed E-state index contributed by atoms with van der Waals surface area (Å²) < 4.78 is 8.88. The Kier molecular flexibility index (Phi) is 13.6. The van der Waals surface area contributed by atoms with Crippen LogP contribution in [0.4, 0.5) is 0 Å². The van der Waals surface area contributed by atoms with Crippen LogP contribution in [0.25, 0.3) is 0 Å². The van der Waals surface area contributed by atoms with Crippen molar-refractivity contribution in [2.45, 2.75) is 6.92 Å². The Balaban J connectivity index is -0.000000107. The maximum absolute atomic E-state index is 9.31. The summed E-state index contributed by atoms with van der Waals surface area (Å²) in [4.78, 5) is 30.9. The van der Waals surface area contributed by atoms with E-state index in [0.29, 0.717) is 0 Å². The first-order valence-corrected chi connectivity index (χ1v) is 3.64. The number of carboxylic acid groups (broad SMARTS) is 1. The molecule has 0 spiro atoms. The van der Waals surface area contributed by atoms with Gasteiger partial charge in [-0.2, -0.15) is 6.92 Å². The first-order valence-electron chi connectivity index (χ1n) is 2.08. The molecule has 0 aliphatic rings. The Morgan fingerprint density at radius 1 is 1.36 bits per heavy atom. The first-order chi connectivity index (χ1) is 4.27. The summed E-state index contributed by atoms with van der Waals surface area (Å²) in [7, 11) is -4.64. The van der Waals surface area contributed by atoms with Crippen LogP contribution in [-0.4, -0.2) is 25.8 Å². The molecule has 0 bridgehead atoms. The molecule has 0 fully saturated rings. The third-order valence-electron chi connectivity index (χ3n) is 0.247. The van der Waals surface area contributed by atoms with Crippen LogP contribution in [0.5, 0.6) is 0 Å². The minimum atomic E-state index is -4.64. The van der Waals surface area contributed by atoms with Gasteiger partial charge in [0.25, 0.3) is 0 Å². The third kappa shape index (κ3) is 124. The number of hydrogen-bond donors (Lipinski definition) is 4. The molecule has 0 amide bonds. The van der Waals surface area contributed by atoms with Crippen molar-refractivity contribution in [2.75, 3.05) is 0 Å².